The lowest BCUT2D eigenvalue weighted by Crippen LogP contribution is -2.47. The molecule has 208 valence electrons. The minimum Gasteiger partial charge on any atom is -0.379 e. The average molecular weight is 560 g/mol. The molecule has 0 N–H and O–H groups in total. The van der Waals surface area contributed by atoms with E-state index in [0.717, 1.165) is 39.9 Å². The largest absolute Gasteiger partial charge is 0.379 e. The van der Waals surface area contributed by atoms with Crippen LogP contribution >= 0.6 is 11.3 Å². The summed E-state index contributed by atoms with van der Waals surface area (Å²) in [5.74, 6) is -0.624. The molecule has 0 aliphatic carbocycles. The Hall–Kier alpha value is -3.59. The van der Waals surface area contributed by atoms with E-state index in [9.17, 15) is 14.0 Å². The van der Waals surface area contributed by atoms with E-state index in [-0.39, 0.29) is 24.2 Å². The van der Waals surface area contributed by atoms with E-state index in [1.165, 1.54) is 12.1 Å². The number of fused-ring (bicyclic) bond motifs is 1. The monoisotopic (exact) mass is 559 g/mol. The summed E-state index contributed by atoms with van der Waals surface area (Å²) in [4.78, 5) is 34.5. The second kappa shape index (κ2) is 13.2. The summed E-state index contributed by atoms with van der Waals surface area (Å²) >= 11 is 1.61. The van der Waals surface area contributed by atoms with Crippen LogP contribution < -0.4 is 0 Å². The molecule has 2 amide bonds. The zero-order chi connectivity index (χ0) is 27.9. The van der Waals surface area contributed by atoms with Gasteiger partial charge in [-0.3, -0.25) is 14.5 Å². The number of ether oxygens (including phenoxy) is 1. The molecule has 0 spiro atoms. The van der Waals surface area contributed by atoms with Crippen molar-refractivity contribution in [2.24, 2.45) is 0 Å². The number of thiophene rings is 1. The maximum absolute atomic E-state index is 13.9. The maximum atomic E-state index is 13.9. The van der Waals surface area contributed by atoms with Gasteiger partial charge in [0.2, 0.25) is 5.91 Å². The van der Waals surface area contributed by atoms with Gasteiger partial charge in [-0.2, -0.15) is 0 Å². The molecule has 4 aromatic rings. The van der Waals surface area contributed by atoms with Crippen molar-refractivity contribution in [2.45, 2.75) is 20.0 Å². The van der Waals surface area contributed by atoms with Crippen LogP contribution in [0, 0.1) is 12.7 Å². The molecule has 1 aromatic heterocycles. The summed E-state index contributed by atoms with van der Waals surface area (Å²) in [6.07, 6.45) is 0. The molecule has 0 unspecified atom stereocenters. The number of morpholine rings is 1. The van der Waals surface area contributed by atoms with Gasteiger partial charge in [-0.15, -0.1) is 11.3 Å². The minimum atomic E-state index is -0.314. The number of hydrogen-bond acceptors (Lipinski definition) is 5. The van der Waals surface area contributed by atoms with Crippen LogP contribution in [0.15, 0.2) is 78.2 Å². The molecule has 5 rings (SSSR count). The van der Waals surface area contributed by atoms with Crippen molar-refractivity contribution in [3.05, 3.63) is 106 Å². The Morgan fingerprint density at radius 1 is 0.925 bits per heavy atom. The highest BCUT2D eigenvalue weighted by atomic mass is 32.1. The topological polar surface area (TPSA) is 53.1 Å². The molecule has 3 aromatic carbocycles. The van der Waals surface area contributed by atoms with Crippen molar-refractivity contribution >= 4 is 33.9 Å². The van der Waals surface area contributed by atoms with Crippen molar-refractivity contribution in [1.29, 1.82) is 0 Å². The highest BCUT2D eigenvalue weighted by Gasteiger charge is 2.25. The Balaban J connectivity index is 1.38. The van der Waals surface area contributed by atoms with E-state index < -0.39 is 0 Å². The number of amides is 2. The number of benzene rings is 3. The lowest BCUT2D eigenvalue weighted by atomic mass is 10.1. The molecule has 40 heavy (non-hydrogen) atoms. The Labute approximate surface area is 238 Å². The predicted octanol–water partition coefficient (Wildman–Crippen LogP) is 5.35. The van der Waals surface area contributed by atoms with E-state index >= 15 is 0 Å². The molecule has 1 saturated heterocycles. The quantitative estimate of drug-likeness (QED) is 0.263. The van der Waals surface area contributed by atoms with Gasteiger partial charge in [0.1, 0.15) is 12.4 Å². The molecule has 0 saturated carbocycles. The number of hydrogen-bond donors (Lipinski definition) is 0. The van der Waals surface area contributed by atoms with Gasteiger partial charge in [0.25, 0.3) is 5.91 Å². The highest BCUT2D eigenvalue weighted by Crippen LogP contribution is 2.21. The van der Waals surface area contributed by atoms with Gasteiger partial charge in [0.05, 0.1) is 19.8 Å². The van der Waals surface area contributed by atoms with E-state index in [1.807, 2.05) is 60.8 Å². The normalized spacial score (nSPS) is 13.8. The first kappa shape index (κ1) is 28.0. The van der Waals surface area contributed by atoms with Gasteiger partial charge < -0.3 is 14.5 Å². The second-order valence-corrected chi connectivity index (χ2v) is 11.1. The zero-order valence-corrected chi connectivity index (χ0v) is 23.5. The summed E-state index contributed by atoms with van der Waals surface area (Å²) < 4.78 is 19.0. The fraction of sp³-hybridized carbons (Fsp3) is 0.312. The van der Waals surface area contributed by atoms with Crippen molar-refractivity contribution < 1.29 is 18.7 Å². The minimum absolute atomic E-state index is 0.0401. The van der Waals surface area contributed by atoms with E-state index in [2.05, 4.69) is 4.90 Å². The van der Waals surface area contributed by atoms with Gasteiger partial charge >= 0.3 is 0 Å². The lowest BCUT2D eigenvalue weighted by molar-refractivity contribution is -0.133. The third kappa shape index (κ3) is 7.13. The summed E-state index contributed by atoms with van der Waals surface area (Å²) in [6.45, 7) is 6.80. The Morgan fingerprint density at radius 3 is 2.40 bits per heavy atom. The Kier molecular flexibility index (Phi) is 9.21. The summed E-state index contributed by atoms with van der Waals surface area (Å²) in [7, 11) is 0. The average Bonchev–Trinajstić information content (AvgIpc) is 3.39. The molecule has 1 fully saturated rings. The molecule has 0 bridgehead atoms. The van der Waals surface area contributed by atoms with Crippen LogP contribution in [0.25, 0.3) is 10.8 Å². The number of rotatable bonds is 10. The molecular weight excluding hydrogens is 525 g/mol. The fourth-order valence-electron chi connectivity index (χ4n) is 4.89. The van der Waals surface area contributed by atoms with Crippen molar-refractivity contribution in [3.63, 3.8) is 0 Å². The third-order valence-electron chi connectivity index (χ3n) is 7.34. The van der Waals surface area contributed by atoms with Crippen LogP contribution in [-0.2, 0) is 22.6 Å². The molecule has 6 nitrogen and oxygen atoms in total. The molecule has 8 heteroatoms. The van der Waals surface area contributed by atoms with Gasteiger partial charge in [-0.25, -0.2) is 4.39 Å². The summed E-state index contributed by atoms with van der Waals surface area (Å²) in [5, 5.41) is 4.06. The molecule has 2 heterocycles. The molecule has 1 aliphatic rings. The van der Waals surface area contributed by atoms with Crippen LogP contribution in [0.4, 0.5) is 4.39 Å². The van der Waals surface area contributed by atoms with Gasteiger partial charge in [0.15, 0.2) is 0 Å². The predicted molar refractivity (Wildman–Crippen MR) is 157 cm³/mol. The molecular formula is C32H34FN3O3S. The first-order chi connectivity index (χ1) is 19.5. The van der Waals surface area contributed by atoms with Gasteiger partial charge in [-0.1, -0.05) is 42.5 Å². The summed E-state index contributed by atoms with van der Waals surface area (Å²) in [5.41, 5.74) is 2.52. The number of carbonyl (C=O) groups excluding carboxylic acids is 2. The standard InChI is InChI=1S/C32H34FN3O3S/c1-24-12-19-40-30(24)22-36(21-25-6-10-29(33)11-7-25)31(37)23-35(14-13-34-15-17-39-18-16-34)32(38)28-9-8-26-4-2-3-5-27(26)20-28/h2-12,19-20H,13-18,21-23H2,1H3. The van der Waals surface area contributed by atoms with Crippen LogP contribution in [-0.4, -0.2) is 72.5 Å². The Morgan fingerprint density at radius 2 is 1.68 bits per heavy atom. The SMILES string of the molecule is Cc1ccsc1CN(Cc1ccc(F)cc1)C(=O)CN(CCN1CCOCC1)C(=O)c1ccc2ccccc2c1. The highest BCUT2D eigenvalue weighted by molar-refractivity contribution is 7.10. The fourth-order valence-corrected chi connectivity index (χ4v) is 5.81. The molecule has 0 radical (unpaired) electrons. The summed E-state index contributed by atoms with van der Waals surface area (Å²) in [6, 6.07) is 21.9. The van der Waals surface area contributed by atoms with E-state index in [1.54, 1.807) is 33.3 Å². The number of nitrogens with zero attached hydrogens (tertiary/aromatic N) is 3. The van der Waals surface area contributed by atoms with E-state index in [4.69, 9.17) is 4.74 Å². The maximum Gasteiger partial charge on any atom is 0.254 e. The third-order valence-corrected chi connectivity index (χ3v) is 8.35. The number of halogens is 1. The first-order valence-electron chi connectivity index (χ1n) is 13.6. The van der Waals surface area contributed by atoms with Crippen LogP contribution in [0.2, 0.25) is 0 Å². The van der Waals surface area contributed by atoms with Crippen molar-refractivity contribution in [1.82, 2.24) is 14.7 Å². The van der Waals surface area contributed by atoms with Crippen molar-refractivity contribution in [2.75, 3.05) is 45.9 Å². The van der Waals surface area contributed by atoms with E-state index in [0.29, 0.717) is 45.0 Å². The van der Waals surface area contributed by atoms with Crippen LogP contribution in [0.3, 0.4) is 0 Å². The van der Waals surface area contributed by atoms with Crippen molar-refractivity contribution in [3.8, 4) is 0 Å². The number of aryl methyl sites for hydroxylation is 1. The second-order valence-electron chi connectivity index (χ2n) is 10.1. The first-order valence-corrected chi connectivity index (χ1v) is 14.5. The molecule has 0 atom stereocenters. The smallest absolute Gasteiger partial charge is 0.254 e. The zero-order valence-electron chi connectivity index (χ0n) is 22.7. The Bertz CT molecular complexity index is 1450. The van der Waals surface area contributed by atoms with Gasteiger partial charge in [0, 0.05) is 43.2 Å². The van der Waals surface area contributed by atoms with Crippen LogP contribution in [0.1, 0.15) is 26.4 Å². The van der Waals surface area contributed by atoms with Gasteiger partial charge in [-0.05, 0) is 64.5 Å². The molecule has 1 aliphatic heterocycles. The number of carbonyl (C=O) groups is 2. The lowest BCUT2D eigenvalue weighted by Gasteiger charge is -2.31. The van der Waals surface area contributed by atoms with Crippen LogP contribution in [0.5, 0.6) is 0 Å².